The predicted molar refractivity (Wildman–Crippen MR) is 72.3 cm³/mol. The Morgan fingerprint density at radius 1 is 1.33 bits per heavy atom. The van der Waals surface area contributed by atoms with E-state index < -0.39 is 0 Å². The number of rotatable bonds is 6. The van der Waals surface area contributed by atoms with Crippen molar-refractivity contribution in [3.63, 3.8) is 0 Å². The van der Waals surface area contributed by atoms with Crippen LogP contribution in [0.3, 0.4) is 0 Å². The van der Waals surface area contributed by atoms with Gasteiger partial charge >= 0.3 is 0 Å². The highest BCUT2D eigenvalue weighted by molar-refractivity contribution is 5.81. The first-order chi connectivity index (χ1) is 8.60. The first kappa shape index (κ1) is 14.5. The van der Waals surface area contributed by atoms with Gasteiger partial charge in [-0.3, -0.25) is 4.79 Å². The van der Waals surface area contributed by atoms with Gasteiger partial charge in [0.1, 0.15) is 5.75 Å². The highest BCUT2D eigenvalue weighted by Gasteiger charge is 2.17. The van der Waals surface area contributed by atoms with E-state index in [9.17, 15) is 9.90 Å². The third kappa shape index (κ3) is 3.74. The number of hydrogen-bond donors (Lipinski definition) is 2. The number of likely N-dealkylation sites (N-methyl/N-ethyl adjacent to an activating group) is 1. The minimum atomic E-state index is -0.246. The van der Waals surface area contributed by atoms with Gasteiger partial charge in [-0.05, 0) is 26.8 Å². The van der Waals surface area contributed by atoms with Crippen molar-refractivity contribution in [1.29, 1.82) is 0 Å². The summed E-state index contributed by atoms with van der Waals surface area (Å²) >= 11 is 0. The minimum absolute atomic E-state index is 0.0930. The normalized spacial score (nSPS) is 12.2. The number of phenolic OH excluding ortho intramolecular Hbond substituents is 1. The van der Waals surface area contributed by atoms with Gasteiger partial charge in [0.25, 0.3) is 0 Å². The van der Waals surface area contributed by atoms with Gasteiger partial charge in [-0.1, -0.05) is 18.2 Å². The summed E-state index contributed by atoms with van der Waals surface area (Å²) in [4.78, 5) is 13.8. The Bertz CT molecular complexity index is 389. The molecule has 1 unspecified atom stereocenters. The molecule has 0 radical (unpaired) electrons. The number of nitrogens with zero attached hydrogens (tertiary/aromatic N) is 1. The fourth-order valence-corrected chi connectivity index (χ4v) is 1.82. The Morgan fingerprint density at radius 2 is 1.94 bits per heavy atom. The zero-order valence-corrected chi connectivity index (χ0v) is 11.3. The molecule has 100 valence electrons. The third-order valence-corrected chi connectivity index (χ3v) is 3.04. The Kier molecular flexibility index (Phi) is 5.65. The van der Waals surface area contributed by atoms with Gasteiger partial charge in [-0.15, -0.1) is 0 Å². The minimum Gasteiger partial charge on any atom is -0.508 e. The maximum atomic E-state index is 12.0. The monoisotopic (exact) mass is 250 g/mol. The van der Waals surface area contributed by atoms with Crippen LogP contribution in [0, 0.1) is 0 Å². The van der Waals surface area contributed by atoms with E-state index in [-0.39, 0.29) is 17.7 Å². The average molecular weight is 250 g/mol. The molecule has 0 spiro atoms. The molecule has 0 aliphatic rings. The van der Waals surface area contributed by atoms with E-state index in [1.165, 1.54) is 0 Å². The van der Waals surface area contributed by atoms with E-state index in [4.69, 9.17) is 0 Å². The first-order valence-corrected chi connectivity index (χ1v) is 6.39. The van der Waals surface area contributed by atoms with Gasteiger partial charge in [-0.2, -0.15) is 0 Å². The van der Waals surface area contributed by atoms with E-state index in [0.717, 1.165) is 18.7 Å². The molecule has 0 aliphatic carbocycles. The van der Waals surface area contributed by atoms with Crippen LogP contribution in [0.5, 0.6) is 5.75 Å². The Balaban J connectivity index is 2.53. The number of phenols is 1. The van der Waals surface area contributed by atoms with Crippen molar-refractivity contribution in [3.05, 3.63) is 29.8 Å². The fraction of sp³-hybridized carbons (Fsp3) is 0.500. The Morgan fingerprint density at radius 3 is 2.50 bits per heavy atom. The standard InChI is InChI=1S/C14H22N2O2/c1-4-16(5-2)14(18)11(3)15-10-12-8-6-7-9-13(12)17/h6-9,11,15,17H,4-5,10H2,1-3H3. The Hall–Kier alpha value is -1.55. The maximum Gasteiger partial charge on any atom is 0.239 e. The lowest BCUT2D eigenvalue weighted by atomic mass is 10.2. The summed E-state index contributed by atoms with van der Waals surface area (Å²) in [6.45, 7) is 7.71. The van der Waals surface area contributed by atoms with Gasteiger partial charge in [0.15, 0.2) is 0 Å². The molecule has 0 bridgehead atoms. The van der Waals surface area contributed by atoms with Crippen LogP contribution >= 0.6 is 0 Å². The number of carbonyl (C=O) groups is 1. The fourth-order valence-electron chi connectivity index (χ4n) is 1.82. The zero-order chi connectivity index (χ0) is 13.5. The number of amides is 1. The van der Waals surface area contributed by atoms with Crippen molar-refractivity contribution in [2.45, 2.75) is 33.4 Å². The molecule has 1 rings (SSSR count). The zero-order valence-electron chi connectivity index (χ0n) is 11.3. The van der Waals surface area contributed by atoms with Gasteiger partial charge in [0.05, 0.1) is 6.04 Å². The lowest BCUT2D eigenvalue weighted by Gasteiger charge is -2.23. The summed E-state index contributed by atoms with van der Waals surface area (Å²) in [5.74, 6) is 0.350. The van der Waals surface area contributed by atoms with Crippen molar-refractivity contribution >= 4 is 5.91 Å². The van der Waals surface area contributed by atoms with Crippen molar-refractivity contribution in [2.75, 3.05) is 13.1 Å². The molecule has 1 aromatic carbocycles. The third-order valence-electron chi connectivity index (χ3n) is 3.04. The summed E-state index contributed by atoms with van der Waals surface area (Å²) < 4.78 is 0. The predicted octanol–water partition coefficient (Wildman–Crippen LogP) is 1.74. The first-order valence-electron chi connectivity index (χ1n) is 6.39. The number of para-hydroxylation sites is 1. The quantitative estimate of drug-likeness (QED) is 0.808. The van der Waals surface area contributed by atoms with E-state index in [2.05, 4.69) is 5.32 Å². The molecule has 1 aromatic rings. The number of benzene rings is 1. The van der Waals surface area contributed by atoms with Gasteiger partial charge in [0.2, 0.25) is 5.91 Å². The number of aromatic hydroxyl groups is 1. The molecule has 0 aromatic heterocycles. The smallest absolute Gasteiger partial charge is 0.239 e. The van der Waals surface area contributed by atoms with Crippen LogP contribution in [-0.4, -0.2) is 35.0 Å². The van der Waals surface area contributed by atoms with Crippen molar-refractivity contribution in [1.82, 2.24) is 10.2 Å². The van der Waals surface area contributed by atoms with Crippen LogP contribution in [0.2, 0.25) is 0 Å². The van der Waals surface area contributed by atoms with Crippen LogP contribution in [0.4, 0.5) is 0 Å². The van der Waals surface area contributed by atoms with Gasteiger partial charge < -0.3 is 15.3 Å². The average Bonchev–Trinajstić information content (AvgIpc) is 2.38. The molecular formula is C14H22N2O2. The molecule has 0 saturated carbocycles. The number of nitrogens with one attached hydrogen (secondary N) is 1. The summed E-state index contributed by atoms with van der Waals surface area (Å²) in [5, 5.41) is 12.8. The summed E-state index contributed by atoms with van der Waals surface area (Å²) in [5.41, 5.74) is 0.802. The lowest BCUT2D eigenvalue weighted by molar-refractivity contribution is -0.132. The molecule has 0 fully saturated rings. The SMILES string of the molecule is CCN(CC)C(=O)C(C)NCc1ccccc1O. The van der Waals surface area contributed by atoms with E-state index in [1.54, 1.807) is 17.0 Å². The Labute approximate surface area is 109 Å². The molecule has 0 aliphatic heterocycles. The second kappa shape index (κ2) is 7.01. The summed E-state index contributed by atoms with van der Waals surface area (Å²) in [6, 6.07) is 6.89. The lowest BCUT2D eigenvalue weighted by Crippen LogP contribution is -2.44. The molecule has 18 heavy (non-hydrogen) atoms. The van der Waals surface area contributed by atoms with Crippen molar-refractivity contribution in [2.24, 2.45) is 0 Å². The van der Waals surface area contributed by atoms with Crippen LogP contribution in [-0.2, 0) is 11.3 Å². The number of carbonyl (C=O) groups excluding carboxylic acids is 1. The van der Waals surface area contributed by atoms with Crippen molar-refractivity contribution < 1.29 is 9.90 Å². The second-order valence-corrected chi connectivity index (χ2v) is 4.24. The topological polar surface area (TPSA) is 52.6 Å². The van der Waals surface area contributed by atoms with Crippen molar-refractivity contribution in [3.8, 4) is 5.75 Å². The molecule has 0 saturated heterocycles. The molecule has 1 atom stereocenters. The summed E-state index contributed by atoms with van der Waals surface area (Å²) in [6.07, 6.45) is 0. The maximum absolute atomic E-state index is 12.0. The van der Waals surface area contributed by atoms with Crippen LogP contribution < -0.4 is 5.32 Å². The van der Waals surface area contributed by atoms with Crippen LogP contribution in [0.25, 0.3) is 0 Å². The van der Waals surface area contributed by atoms with Crippen LogP contribution in [0.1, 0.15) is 26.3 Å². The van der Waals surface area contributed by atoms with Gasteiger partial charge in [-0.25, -0.2) is 0 Å². The molecule has 0 heterocycles. The largest absolute Gasteiger partial charge is 0.508 e. The highest BCUT2D eigenvalue weighted by Crippen LogP contribution is 2.15. The number of hydrogen-bond acceptors (Lipinski definition) is 3. The molecule has 2 N–H and O–H groups in total. The highest BCUT2D eigenvalue weighted by atomic mass is 16.3. The van der Waals surface area contributed by atoms with E-state index in [1.807, 2.05) is 32.9 Å². The molecule has 1 amide bonds. The molecular weight excluding hydrogens is 228 g/mol. The molecule has 4 heteroatoms. The summed E-state index contributed by atoms with van der Waals surface area (Å²) in [7, 11) is 0. The molecule has 4 nitrogen and oxygen atoms in total. The van der Waals surface area contributed by atoms with Gasteiger partial charge in [0, 0.05) is 25.2 Å². The second-order valence-electron chi connectivity index (χ2n) is 4.24. The van der Waals surface area contributed by atoms with E-state index >= 15 is 0 Å². The van der Waals surface area contributed by atoms with Crippen LogP contribution in [0.15, 0.2) is 24.3 Å². The van der Waals surface area contributed by atoms with E-state index in [0.29, 0.717) is 6.54 Å².